The van der Waals surface area contributed by atoms with Gasteiger partial charge in [-0.3, -0.25) is 4.79 Å². The van der Waals surface area contributed by atoms with Crippen LogP contribution in [0.15, 0.2) is 36.8 Å². The lowest BCUT2D eigenvalue weighted by molar-refractivity contribution is 0.112. The van der Waals surface area contributed by atoms with Crippen molar-refractivity contribution in [3.05, 3.63) is 48.2 Å². The standard InChI is InChI=1S/C19H19N7O/c20-19(18-24-14-3-1-2-12(10-27)15(14)25-18)5-8-26(9-6-19)17-13-4-7-21-16(13)22-11-23-17/h1-4,7,10-11H,5-6,8-9,20H2,(H,24,25)(H,21,22,23). The molecule has 1 fully saturated rings. The molecule has 1 saturated heterocycles. The highest BCUT2D eigenvalue weighted by atomic mass is 16.1. The maximum absolute atomic E-state index is 11.3. The van der Waals surface area contributed by atoms with E-state index in [0.717, 1.165) is 60.4 Å². The summed E-state index contributed by atoms with van der Waals surface area (Å²) in [5.41, 5.74) is 9.10. The molecule has 0 unspecified atom stereocenters. The molecule has 8 nitrogen and oxygen atoms in total. The van der Waals surface area contributed by atoms with E-state index in [9.17, 15) is 4.79 Å². The average Bonchev–Trinajstić information content (AvgIpc) is 3.35. The van der Waals surface area contributed by atoms with Gasteiger partial charge in [-0.1, -0.05) is 6.07 Å². The van der Waals surface area contributed by atoms with Crippen LogP contribution >= 0.6 is 0 Å². The zero-order valence-corrected chi connectivity index (χ0v) is 14.6. The van der Waals surface area contributed by atoms with Crippen LogP contribution in [-0.2, 0) is 5.54 Å². The summed E-state index contributed by atoms with van der Waals surface area (Å²) in [7, 11) is 0. The molecule has 5 rings (SSSR count). The lowest BCUT2D eigenvalue weighted by Crippen LogP contribution is -2.49. The second-order valence-corrected chi connectivity index (χ2v) is 7.03. The summed E-state index contributed by atoms with van der Waals surface area (Å²) in [6.07, 6.45) is 5.76. The zero-order chi connectivity index (χ0) is 18.4. The number of nitrogens with two attached hydrogens (primary N) is 1. The van der Waals surface area contributed by atoms with Crippen LogP contribution in [0, 0.1) is 0 Å². The van der Waals surface area contributed by atoms with Crippen molar-refractivity contribution in [2.24, 2.45) is 5.73 Å². The second-order valence-electron chi connectivity index (χ2n) is 7.03. The van der Waals surface area contributed by atoms with Crippen LogP contribution in [0.2, 0.25) is 0 Å². The fraction of sp³-hybridized carbons (Fsp3) is 0.263. The van der Waals surface area contributed by atoms with Gasteiger partial charge in [0.05, 0.1) is 22.0 Å². The van der Waals surface area contributed by atoms with Crippen molar-refractivity contribution in [3.63, 3.8) is 0 Å². The molecule has 0 amide bonds. The molecule has 3 aromatic heterocycles. The number of carbonyl (C=O) groups is 1. The van der Waals surface area contributed by atoms with Crippen LogP contribution in [0.25, 0.3) is 22.1 Å². The number of aromatic nitrogens is 5. The monoisotopic (exact) mass is 361 g/mol. The highest BCUT2D eigenvalue weighted by molar-refractivity contribution is 5.94. The molecule has 0 spiro atoms. The van der Waals surface area contributed by atoms with Gasteiger partial charge in [-0.25, -0.2) is 15.0 Å². The number of aldehydes is 1. The van der Waals surface area contributed by atoms with E-state index in [-0.39, 0.29) is 0 Å². The molecule has 0 aliphatic carbocycles. The molecule has 1 aliphatic heterocycles. The molecule has 0 bridgehead atoms. The van der Waals surface area contributed by atoms with E-state index in [4.69, 9.17) is 5.73 Å². The summed E-state index contributed by atoms with van der Waals surface area (Å²) in [5, 5.41) is 1.02. The molecule has 4 heterocycles. The Morgan fingerprint density at radius 1 is 1.19 bits per heavy atom. The number of nitrogens with one attached hydrogen (secondary N) is 2. The number of fused-ring (bicyclic) bond motifs is 2. The molecule has 1 aromatic carbocycles. The van der Waals surface area contributed by atoms with Crippen molar-refractivity contribution < 1.29 is 4.79 Å². The third-order valence-electron chi connectivity index (χ3n) is 5.43. The van der Waals surface area contributed by atoms with Gasteiger partial charge >= 0.3 is 0 Å². The number of anilines is 1. The van der Waals surface area contributed by atoms with E-state index in [1.54, 1.807) is 12.4 Å². The first-order chi connectivity index (χ1) is 13.2. The van der Waals surface area contributed by atoms with Crippen LogP contribution in [-0.4, -0.2) is 44.3 Å². The SMILES string of the molecule is NC1(c2nc3c(C=O)cccc3[nH]2)CCN(c2ncnc3[nH]ccc23)CC1. The van der Waals surface area contributed by atoms with E-state index in [1.807, 2.05) is 24.4 Å². The quantitative estimate of drug-likeness (QED) is 0.481. The molecular weight excluding hydrogens is 342 g/mol. The Hall–Kier alpha value is -3.26. The Bertz CT molecular complexity index is 1140. The first-order valence-electron chi connectivity index (χ1n) is 8.94. The average molecular weight is 361 g/mol. The number of para-hydroxylation sites is 1. The minimum Gasteiger partial charge on any atom is -0.356 e. The highest BCUT2D eigenvalue weighted by Gasteiger charge is 2.36. The van der Waals surface area contributed by atoms with Crippen LogP contribution in [0.1, 0.15) is 29.0 Å². The first kappa shape index (κ1) is 16.0. The summed E-state index contributed by atoms with van der Waals surface area (Å²) in [6, 6.07) is 7.52. The van der Waals surface area contributed by atoms with Crippen molar-refractivity contribution in [2.75, 3.05) is 18.0 Å². The summed E-state index contributed by atoms with van der Waals surface area (Å²) < 4.78 is 0. The van der Waals surface area contributed by atoms with E-state index in [1.165, 1.54) is 0 Å². The molecule has 1 aliphatic rings. The predicted molar refractivity (Wildman–Crippen MR) is 103 cm³/mol. The molecule has 8 heteroatoms. The Kier molecular flexibility index (Phi) is 3.48. The lowest BCUT2D eigenvalue weighted by Gasteiger charge is -2.38. The highest BCUT2D eigenvalue weighted by Crippen LogP contribution is 2.33. The Balaban J connectivity index is 1.44. The van der Waals surface area contributed by atoms with E-state index >= 15 is 0 Å². The minimum absolute atomic E-state index is 0.556. The number of piperidine rings is 1. The van der Waals surface area contributed by atoms with Crippen LogP contribution in [0.3, 0.4) is 0 Å². The Morgan fingerprint density at radius 3 is 2.85 bits per heavy atom. The van der Waals surface area contributed by atoms with E-state index in [2.05, 4.69) is 29.8 Å². The first-order valence-corrected chi connectivity index (χ1v) is 8.94. The maximum atomic E-state index is 11.3. The summed E-state index contributed by atoms with van der Waals surface area (Å²) in [5.74, 6) is 1.66. The van der Waals surface area contributed by atoms with E-state index in [0.29, 0.717) is 11.1 Å². The zero-order valence-electron chi connectivity index (χ0n) is 14.6. The fourth-order valence-corrected chi connectivity index (χ4v) is 3.85. The van der Waals surface area contributed by atoms with Gasteiger partial charge in [-0.15, -0.1) is 0 Å². The number of H-pyrrole nitrogens is 2. The maximum Gasteiger partial charge on any atom is 0.152 e. The van der Waals surface area contributed by atoms with Gasteiger partial charge in [0.25, 0.3) is 0 Å². The third-order valence-corrected chi connectivity index (χ3v) is 5.43. The van der Waals surface area contributed by atoms with Crippen LogP contribution in [0.4, 0.5) is 5.82 Å². The van der Waals surface area contributed by atoms with Gasteiger partial charge in [0, 0.05) is 24.8 Å². The molecule has 0 radical (unpaired) electrons. The van der Waals surface area contributed by atoms with Crippen molar-refractivity contribution in [1.29, 1.82) is 0 Å². The van der Waals surface area contributed by atoms with Gasteiger partial charge in [-0.2, -0.15) is 0 Å². The Labute approximate surface area is 154 Å². The summed E-state index contributed by atoms with van der Waals surface area (Å²) in [4.78, 5) is 33.3. The third kappa shape index (κ3) is 2.48. The Morgan fingerprint density at radius 2 is 2.04 bits per heavy atom. The topological polar surface area (TPSA) is 117 Å². The van der Waals surface area contributed by atoms with Gasteiger partial charge in [-0.05, 0) is 31.0 Å². The molecule has 4 aromatic rings. The largest absolute Gasteiger partial charge is 0.356 e. The van der Waals surface area contributed by atoms with Crippen molar-refractivity contribution in [3.8, 4) is 0 Å². The van der Waals surface area contributed by atoms with Gasteiger partial charge in [0.2, 0.25) is 0 Å². The van der Waals surface area contributed by atoms with Crippen molar-refractivity contribution in [1.82, 2.24) is 24.9 Å². The van der Waals surface area contributed by atoms with Gasteiger partial charge < -0.3 is 20.6 Å². The molecule has 136 valence electrons. The van der Waals surface area contributed by atoms with Crippen LogP contribution in [0.5, 0.6) is 0 Å². The summed E-state index contributed by atoms with van der Waals surface area (Å²) >= 11 is 0. The number of aromatic amines is 2. The van der Waals surface area contributed by atoms with Gasteiger partial charge in [0.15, 0.2) is 6.29 Å². The number of hydrogen-bond donors (Lipinski definition) is 3. The molecule has 0 atom stereocenters. The van der Waals surface area contributed by atoms with Gasteiger partial charge in [0.1, 0.15) is 23.6 Å². The smallest absolute Gasteiger partial charge is 0.152 e. The second kappa shape index (κ2) is 5.88. The predicted octanol–water partition coefficient (Wildman–Crippen LogP) is 2.10. The fourth-order valence-electron chi connectivity index (χ4n) is 3.85. The lowest BCUT2D eigenvalue weighted by atomic mass is 9.88. The molecule has 27 heavy (non-hydrogen) atoms. The normalized spacial score (nSPS) is 16.9. The number of benzene rings is 1. The van der Waals surface area contributed by atoms with Crippen LogP contribution < -0.4 is 10.6 Å². The minimum atomic E-state index is -0.556. The number of rotatable bonds is 3. The number of imidazole rings is 1. The number of nitrogens with zero attached hydrogens (tertiary/aromatic N) is 4. The van der Waals surface area contributed by atoms with Crippen molar-refractivity contribution >= 4 is 34.2 Å². The van der Waals surface area contributed by atoms with Crippen molar-refractivity contribution in [2.45, 2.75) is 18.4 Å². The molecular formula is C19H19N7O. The van der Waals surface area contributed by atoms with E-state index < -0.39 is 5.54 Å². The summed E-state index contributed by atoms with van der Waals surface area (Å²) in [6.45, 7) is 1.54. The molecule has 4 N–H and O–H groups in total. The number of hydrogen-bond acceptors (Lipinski definition) is 6. The molecule has 0 saturated carbocycles. The number of carbonyl (C=O) groups excluding carboxylic acids is 1.